The minimum atomic E-state index is -3.63. The van der Waals surface area contributed by atoms with Crippen molar-refractivity contribution in [3.8, 4) is 0 Å². The van der Waals surface area contributed by atoms with E-state index >= 15 is 0 Å². The minimum Gasteiger partial charge on any atom is -0.380 e. The van der Waals surface area contributed by atoms with Gasteiger partial charge in [0.15, 0.2) is 5.85 Å². The van der Waals surface area contributed by atoms with Gasteiger partial charge in [-0.2, -0.15) is 0 Å². The summed E-state index contributed by atoms with van der Waals surface area (Å²) in [6.45, 7) is 3.57. The summed E-state index contributed by atoms with van der Waals surface area (Å²) in [6, 6.07) is 5.79. The molecule has 1 unspecified atom stereocenters. The van der Waals surface area contributed by atoms with Gasteiger partial charge in [0.1, 0.15) is 0 Å². The van der Waals surface area contributed by atoms with Crippen LogP contribution in [0.2, 0.25) is 0 Å². The highest BCUT2D eigenvalue weighted by molar-refractivity contribution is 7.54. The van der Waals surface area contributed by atoms with E-state index in [2.05, 4.69) is 0 Å². The molecule has 0 fully saturated rings. The van der Waals surface area contributed by atoms with E-state index < -0.39 is 18.4 Å². The molecule has 0 aromatic heterocycles. The Hall–Kier alpha value is -1.27. The van der Waals surface area contributed by atoms with E-state index in [0.717, 1.165) is 0 Å². The molecule has 1 rings (SSSR count). The summed E-state index contributed by atoms with van der Waals surface area (Å²) in [6.07, 6.45) is -0.0427. The number of nitro groups is 1. The molecule has 112 valence electrons. The summed E-state index contributed by atoms with van der Waals surface area (Å²) in [7, 11) is -3.63. The average Bonchev–Trinajstić information content (AvgIpc) is 2.39. The Bertz CT molecular complexity index is 496. The van der Waals surface area contributed by atoms with Crippen LogP contribution in [0.1, 0.15) is 19.4 Å². The number of non-ortho nitro benzene ring substituents is 1. The van der Waals surface area contributed by atoms with E-state index in [0.29, 0.717) is 5.56 Å². The van der Waals surface area contributed by atoms with Gasteiger partial charge in [-0.25, -0.2) is 0 Å². The van der Waals surface area contributed by atoms with Crippen LogP contribution in [0.25, 0.3) is 0 Å². The molecular formula is C12H18NO6P. The van der Waals surface area contributed by atoms with Crippen LogP contribution in [0, 0.1) is 10.1 Å². The third kappa shape index (κ3) is 4.38. The van der Waals surface area contributed by atoms with Gasteiger partial charge in [-0.15, -0.1) is 0 Å². The molecule has 0 heterocycles. The summed E-state index contributed by atoms with van der Waals surface area (Å²) in [5, 5.41) is 20.7. The first-order valence-corrected chi connectivity index (χ1v) is 7.84. The predicted molar refractivity (Wildman–Crippen MR) is 73.7 cm³/mol. The highest BCUT2D eigenvalue weighted by Crippen LogP contribution is 2.52. The quantitative estimate of drug-likeness (QED) is 0.450. The number of hydrogen-bond acceptors (Lipinski definition) is 6. The number of aliphatic hydroxyl groups is 1. The number of hydrogen-bond donors (Lipinski definition) is 1. The molecule has 1 aromatic rings. The van der Waals surface area contributed by atoms with Gasteiger partial charge in [0, 0.05) is 18.6 Å². The van der Waals surface area contributed by atoms with Gasteiger partial charge in [0.05, 0.1) is 18.1 Å². The summed E-state index contributed by atoms with van der Waals surface area (Å²) in [5.41, 5.74) is 0.406. The van der Waals surface area contributed by atoms with Crippen LogP contribution < -0.4 is 0 Å². The van der Waals surface area contributed by atoms with Crippen molar-refractivity contribution in [2.75, 3.05) is 13.2 Å². The molecule has 20 heavy (non-hydrogen) atoms. The lowest BCUT2D eigenvalue weighted by Gasteiger charge is -2.22. The molecule has 0 aliphatic heterocycles. The predicted octanol–water partition coefficient (Wildman–Crippen LogP) is 2.72. The highest BCUT2D eigenvalue weighted by Gasteiger charge is 2.34. The summed E-state index contributed by atoms with van der Waals surface area (Å²) >= 11 is 0. The lowest BCUT2D eigenvalue weighted by atomic mass is 10.1. The fourth-order valence-electron chi connectivity index (χ4n) is 1.69. The van der Waals surface area contributed by atoms with Crippen molar-refractivity contribution in [1.29, 1.82) is 0 Å². The lowest BCUT2D eigenvalue weighted by Crippen LogP contribution is -2.15. The third-order valence-electron chi connectivity index (χ3n) is 2.52. The first-order valence-electron chi connectivity index (χ1n) is 6.23. The number of rotatable bonds is 8. The maximum Gasteiger partial charge on any atom is 0.359 e. The Kier molecular flexibility index (Phi) is 6.29. The van der Waals surface area contributed by atoms with Crippen LogP contribution in [0.3, 0.4) is 0 Å². The minimum absolute atomic E-state index is 0.0427. The molecule has 0 spiro atoms. The SMILES string of the molecule is CCOP(=O)(OCC)C(O)Cc1cccc([N+](=O)[O-])c1. The lowest BCUT2D eigenvalue weighted by molar-refractivity contribution is -0.384. The summed E-state index contributed by atoms with van der Waals surface area (Å²) in [5.74, 6) is -1.36. The fourth-order valence-corrected chi connectivity index (χ4v) is 3.26. The largest absolute Gasteiger partial charge is 0.380 e. The molecule has 0 radical (unpaired) electrons. The van der Waals surface area contributed by atoms with Crippen molar-refractivity contribution in [3.63, 3.8) is 0 Å². The molecule has 0 bridgehead atoms. The van der Waals surface area contributed by atoms with Crippen LogP contribution >= 0.6 is 7.60 Å². The first-order chi connectivity index (χ1) is 9.42. The second-order valence-electron chi connectivity index (χ2n) is 3.99. The normalized spacial score (nSPS) is 13.2. The Labute approximate surface area is 117 Å². The standard InChI is InChI=1S/C12H18NO6P/c1-3-18-20(17,19-4-2)12(14)9-10-6-5-7-11(8-10)13(15)16/h5-8,12,14H,3-4,9H2,1-2H3. The fraction of sp³-hybridized carbons (Fsp3) is 0.500. The van der Waals surface area contributed by atoms with Gasteiger partial charge in [-0.05, 0) is 19.4 Å². The second-order valence-corrected chi connectivity index (χ2v) is 6.18. The van der Waals surface area contributed by atoms with Crippen molar-refractivity contribution < 1.29 is 23.6 Å². The van der Waals surface area contributed by atoms with Crippen LogP contribution in [0.15, 0.2) is 24.3 Å². The maximum absolute atomic E-state index is 12.3. The van der Waals surface area contributed by atoms with Gasteiger partial charge in [0.2, 0.25) is 0 Å². The second kappa shape index (κ2) is 7.50. The number of benzene rings is 1. The monoisotopic (exact) mass is 303 g/mol. The van der Waals surface area contributed by atoms with Crippen molar-refractivity contribution in [2.45, 2.75) is 26.1 Å². The molecule has 7 nitrogen and oxygen atoms in total. The average molecular weight is 303 g/mol. The van der Waals surface area contributed by atoms with E-state index in [1.807, 2.05) is 0 Å². The zero-order chi connectivity index (χ0) is 15.2. The summed E-state index contributed by atoms with van der Waals surface area (Å²) in [4.78, 5) is 10.2. The summed E-state index contributed by atoms with van der Waals surface area (Å²) < 4.78 is 22.4. The zero-order valence-corrected chi connectivity index (χ0v) is 12.3. The number of aliphatic hydroxyl groups excluding tert-OH is 1. The molecule has 0 amide bonds. The van der Waals surface area contributed by atoms with Gasteiger partial charge >= 0.3 is 7.60 Å². The third-order valence-corrected chi connectivity index (χ3v) is 4.67. The van der Waals surface area contributed by atoms with Crippen LogP contribution in [-0.2, 0) is 20.0 Å². The molecule has 8 heteroatoms. The van der Waals surface area contributed by atoms with E-state index in [-0.39, 0.29) is 25.3 Å². The van der Waals surface area contributed by atoms with Gasteiger partial charge < -0.3 is 14.2 Å². The molecule has 1 atom stereocenters. The van der Waals surface area contributed by atoms with Crippen molar-refractivity contribution >= 4 is 13.3 Å². The Morgan fingerprint density at radius 1 is 1.35 bits per heavy atom. The molecule has 0 aliphatic carbocycles. The highest BCUT2D eigenvalue weighted by atomic mass is 31.2. The van der Waals surface area contributed by atoms with Crippen molar-refractivity contribution in [1.82, 2.24) is 0 Å². The molecule has 1 N–H and O–H groups in total. The van der Waals surface area contributed by atoms with E-state index in [9.17, 15) is 19.8 Å². The van der Waals surface area contributed by atoms with Gasteiger partial charge in [-0.3, -0.25) is 14.7 Å². The van der Waals surface area contributed by atoms with Crippen molar-refractivity contribution in [2.24, 2.45) is 0 Å². The van der Waals surface area contributed by atoms with Gasteiger partial charge in [0.25, 0.3) is 5.69 Å². The Morgan fingerprint density at radius 2 is 1.95 bits per heavy atom. The Morgan fingerprint density at radius 3 is 2.45 bits per heavy atom. The smallest absolute Gasteiger partial charge is 0.359 e. The molecule has 1 aromatic carbocycles. The van der Waals surface area contributed by atoms with Gasteiger partial charge in [-0.1, -0.05) is 12.1 Å². The van der Waals surface area contributed by atoms with Crippen LogP contribution in [0.4, 0.5) is 5.69 Å². The molecule has 0 aliphatic rings. The molecule has 0 saturated heterocycles. The van der Waals surface area contributed by atoms with E-state index in [4.69, 9.17) is 9.05 Å². The Balaban J connectivity index is 2.87. The maximum atomic E-state index is 12.3. The zero-order valence-electron chi connectivity index (χ0n) is 11.4. The van der Waals surface area contributed by atoms with Crippen LogP contribution in [-0.4, -0.2) is 29.1 Å². The first kappa shape index (κ1) is 16.8. The molecule has 0 saturated carbocycles. The van der Waals surface area contributed by atoms with E-state index in [1.165, 1.54) is 18.2 Å². The topological polar surface area (TPSA) is 98.9 Å². The van der Waals surface area contributed by atoms with Crippen molar-refractivity contribution in [3.05, 3.63) is 39.9 Å². The number of nitro benzene ring substituents is 1. The number of nitrogens with zero attached hydrogens (tertiary/aromatic N) is 1. The van der Waals surface area contributed by atoms with Crippen LogP contribution in [0.5, 0.6) is 0 Å². The molecular weight excluding hydrogens is 285 g/mol. The van der Waals surface area contributed by atoms with E-state index in [1.54, 1.807) is 19.9 Å².